The molecule has 0 aliphatic rings. The number of carbonyl (C=O) groups excluding carboxylic acids is 1. The average Bonchev–Trinajstić information content (AvgIpc) is 3.03. The minimum absolute atomic E-state index is 0.0374. The Balaban J connectivity index is 2.16. The largest absolute Gasteiger partial charge is 0.469 e. The maximum atomic E-state index is 12.0. The van der Waals surface area contributed by atoms with E-state index in [2.05, 4.69) is 29.4 Å². The molecule has 1 atom stereocenters. The Hall–Kier alpha value is -2.76. The molecule has 0 saturated heterocycles. The van der Waals surface area contributed by atoms with Crippen LogP contribution in [0.5, 0.6) is 0 Å². The minimum Gasteiger partial charge on any atom is -0.469 e. The van der Waals surface area contributed by atoms with Gasteiger partial charge in [0.15, 0.2) is 5.96 Å². The van der Waals surface area contributed by atoms with Crippen LogP contribution in [0.4, 0.5) is 0 Å². The van der Waals surface area contributed by atoms with Crippen LogP contribution >= 0.6 is 0 Å². The van der Waals surface area contributed by atoms with Gasteiger partial charge in [0.2, 0.25) is 5.91 Å². The SMILES string of the molecule is Cc1occc1CN(C)C(=NCC(=O)N(C)C)NC(C)c1ccccc1. The first kappa shape index (κ1) is 19.6. The Kier molecular flexibility index (Phi) is 6.83. The summed E-state index contributed by atoms with van der Waals surface area (Å²) in [6.07, 6.45) is 1.69. The van der Waals surface area contributed by atoms with Crippen LogP contribution in [0.3, 0.4) is 0 Å². The zero-order chi connectivity index (χ0) is 19.1. The summed E-state index contributed by atoms with van der Waals surface area (Å²) in [4.78, 5) is 20.0. The van der Waals surface area contributed by atoms with Crippen molar-refractivity contribution in [2.75, 3.05) is 27.7 Å². The van der Waals surface area contributed by atoms with Crippen molar-refractivity contribution in [3.63, 3.8) is 0 Å². The number of carbonyl (C=O) groups is 1. The van der Waals surface area contributed by atoms with E-state index in [1.165, 1.54) is 0 Å². The molecule has 1 heterocycles. The van der Waals surface area contributed by atoms with Gasteiger partial charge in [0.25, 0.3) is 0 Å². The fraction of sp³-hybridized carbons (Fsp3) is 0.400. The highest BCUT2D eigenvalue weighted by Crippen LogP contribution is 2.14. The van der Waals surface area contributed by atoms with E-state index in [0.717, 1.165) is 16.9 Å². The van der Waals surface area contributed by atoms with E-state index in [1.54, 1.807) is 25.3 Å². The lowest BCUT2D eigenvalue weighted by Gasteiger charge is -2.26. The predicted octanol–water partition coefficient (Wildman–Crippen LogP) is 2.81. The number of nitrogens with one attached hydrogen (secondary N) is 1. The molecule has 0 radical (unpaired) electrons. The number of guanidine groups is 1. The Labute approximate surface area is 155 Å². The summed E-state index contributed by atoms with van der Waals surface area (Å²) in [6, 6.07) is 12.2. The lowest BCUT2D eigenvalue weighted by Crippen LogP contribution is -2.40. The predicted molar refractivity (Wildman–Crippen MR) is 104 cm³/mol. The third-order valence-electron chi connectivity index (χ3n) is 4.24. The van der Waals surface area contributed by atoms with Gasteiger partial charge in [0.05, 0.1) is 12.3 Å². The Bertz CT molecular complexity index is 737. The summed E-state index contributed by atoms with van der Waals surface area (Å²) in [5.41, 5.74) is 2.25. The number of nitrogens with zero attached hydrogens (tertiary/aromatic N) is 3. The lowest BCUT2D eigenvalue weighted by molar-refractivity contribution is -0.127. The molecule has 1 unspecified atom stereocenters. The molecular weight excluding hydrogens is 328 g/mol. The van der Waals surface area contributed by atoms with Crippen molar-refractivity contribution in [1.29, 1.82) is 0 Å². The Morgan fingerprint density at radius 2 is 1.88 bits per heavy atom. The number of amides is 1. The number of hydrogen-bond donors (Lipinski definition) is 1. The quantitative estimate of drug-likeness (QED) is 0.639. The van der Waals surface area contributed by atoms with Gasteiger partial charge in [0.1, 0.15) is 12.3 Å². The molecule has 6 heteroatoms. The third kappa shape index (κ3) is 5.37. The highest BCUT2D eigenvalue weighted by Gasteiger charge is 2.15. The number of likely N-dealkylation sites (N-methyl/N-ethyl adjacent to an activating group) is 1. The Morgan fingerprint density at radius 3 is 2.46 bits per heavy atom. The zero-order valence-corrected chi connectivity index (χ0v) is 16.2. The topological polar surface area (TPSA) is 61.1 Å². The van der Waals surface area contributed by atoms with Gasteiger partial charge in [-0.15, -0.1) is 0 Å². The number of aryl methyl sites for hydroxylation is 1. The van der Waals surface area contributed by atoms with Crippen LogP contribution in [0.25, 0.3) is 0 Å². The summed E-state index contributed by atoms with van der Waals surface area (Å²) in [5, 5.41) is 3.43. The lowest BCUT2D eigenvalue weighted by atomic mass is 10.1. The normalized spacial score (nSPS) is 12.6. The van der Waals surface area contributed by atoms with Crippen LogP contribution in [0.1, 0.15) is 29.9 Å². The molecule has 0 spiro atoms. The van der Waals surface area contributed by atoms with Gasteiger partial charge in [-0.1, -0.05) is 30.3 Å². The molecule has 6 nitrogen and oxygen atoms in total. The second-order valence-electron chi connectivity index (χ2n) is 6.56. The van der Waals surface area contributed by atoms with Crippen LogP contribution in [0, 0.1) is 6.92 Å². The molecule has 1 amide bonds. The van der Waals surface area contributed by atoms with Gasteiger partial charge < -0.3 is 19.5 Å². The van der Waals surface area contributed by atoms with Gasteiger partial charge in [-0.05, 0) is 25.5 Å². The van der Waals surface area contributed by atoms with Gasteiger partial charge in [0, 0.05) is 33.3 Å². The van der Waals surface area contributed by atoms with Crippen LogP contribution in [0.2, 0.25) is 0 Å². The summed E-state index contributed by atoms with van der Waals surface area (Å²) in [7, 11) is 5.42. The van der Waals surface area contributed by atoms with Crippen LogP contribution in [-0.2, 0) is 11.3 Å². The number of hydrogen-bond acceptors (Lipinski definition) is 3. The summed E-state index contributed by atoms with van der Waals surface area (Å²) >= 11 is 0. The molecule has 0 saturated carbocycles. The first-order chi connectivity index (χ1) is 12.4. The third-order valence-corrected chi connectivity index (χ3v) is 4.24. The van der Waals surface area contributed by atoms with Crippen molar-refractivity contribution in [2.45, 2.75) is 26.4 Å². The molecule has 0 aliphatic carbocycles. The zero-order valence-electron chi connectivity index (χ0n) is 16.2. The molecule has 1 N–H and O–H groups in total. The molecule has 0 aliphatic heterocycles. The van der Waals surface area contributed by atoms with Gasteiger partial charge in [-0.3, -0.25) is 4.79 Å². The molecule has 140 valence electrons. The van der Waals surface area contributed by atoms with Crippen molar-refractivity contribution in [2.24, 2.45) is 4.99 Å². The summed E-state index contributed by atoms with van der Waals surface area (Å²) in [5.74, 6) is 1.53. The van der Waals surface area contributed by atoms with Crippen molar-refractivity contribution in [3.8, 4) is 0 Å². The van der Waals surface area contributed by atoms with Gasteiger partial charge in [-0.2, -0.15) is 0 Å². The molecule has 26 heavy (non-hydrogen) atoms. The second kappa shape index (κ2) is 9.08. The summed E-state index contributed by atoms with van der Waals surface area (Å²) in [6.45, 7) is 4.77. The van der Waals surface area contributed by atoms with E-state index in [-0.39, 0.29) is 18.5 Å². The molecule has 2 rings (SSSR count). The summed E-state index contributed by atoms with van der Waals surface area (Å²) < 4.78 is 5.38. The van der Waals surface area contributed by atoms with E-state index in [1.807, 2.05) is 43.1 Å². The molecule has 1 aromatic heterocycles. The fourth-order valence-electron chi connectivity index (χ4n) is 2.48. The molecule has 0 bridgehead atoms. The van der Waals surface area contributed by atoms with Gasteiger partial charge >= 0.3 is 0 Å². The minimum atomic E-state index is -0.0374. The van der Waals surface area contributed by atoms with E-state index in [9.17, 15) is 4.79 Å². The van der Waals surface area contributed by atoms with E-state index >= 15 is 0 Å². The van der Waals surface area contributed by atoms with Crippen LogP contribution in [-0.4, -0.2) is 49.4 Å². The van der Waals surface area contributed by atoms with Crippen molar-refractivity contribution in [1.82, 2.24) is 15.1 Å². The van der Waals surface area contributed by atoms with Gasteiger partial charge in [-0.25, -0.2) is 4.99 Å². The van der Waals surface area contributed by atoms with Crippen LogP contribution < -0.4 is 5.32 Å². The number of aliphatic imine (C=N–C) groups is 1. The second-order valence-corrected chi connectivity index (χ2v) is 6.56. The van der Waals surface area contributed by atoms with Crippen LogP contribution in [0.15, 0.2) is 52.1 Å². The standard InChI is InChI=1S/C20H28N4O2/c1-15(17-9-7-6-8-10-17)22-20(21-13-19(25)23(3)4)24(5)14-18-11-12-26-16(18)2/h6-12,15H,13-14H2,1-5H3,(H,21,22). The Morgan fingerprint density at radius 1 is 1.19 bits per heavy atom. The van der Waals surface area contributed by atoms with E-state index in [4.69, 9.17) is 4.42 Å². The average molecular weight is 356 g/mol. The molecule has 2 aromatic rings. The smallest absolute Gasteiger partial charge is 0.243 e. The van der Waals surface area contributed by atoms with E-state index < -0.39 is 0 Å². The molecule has 0 fully saturated rings. The monoisotopic (exact) mass is 356 g/mol. The maximum Gasteiger partial charge on any atom is 0.243 e. The number of rotatable bonds is 6. The molecular formula is C20H28N4O2. The van der Waals surface area contributed by atoms with Crippen molar-refractivity contribution < 1.29 is 9.21 Å². The highest BCUT2D eigenvalue weighted by atomic mass is 16.3. The van der Waals surface area contributed by atoms with Crippen molar-refractivity contribution in [3.05, 3.63) is 59.5 Å². The highest BCUT2D eigenvalue weighted by molar-refractivity contribution is 5.85. The van der Waals surface area contributed by atoms with E-state index in [0.29, 0.717) is 12.5 Å². The number of benzene rings is 1. The van der Waals surface area contributed by atoms with Crippen molar-refractivity contribution >= 4 is 11.9 Å². The molecule has 1 aromatic carbocycles. The first-order valence-corrected chi connectivity index (χ1v) is 8.68. The maximum absolute atomic E-state index is 12.0. The number of furan rings is 1. The first-order valence-electron chi connectivity index (χ1n) is 8.68. The fourth-order valence-corrected chi connectivity index (χ4v) is 2.48.